The maximum Gasteiger partial charge on any atom is 0.303 e. The Morgan fingerprint density at radius 1 is 1.14 bits per heavy atom. The van der Waals surface area contributed by atoms with Gasteiger partial charge < -0.3 is 0 Å². The van der Waals surface area contributed by atoms with Crippen molar-refractivity contribution >= 4 is 27.7 Å². The van der Waals surface area contributed by atoms with Crippen LogP contribution < -0.4 is 4.72 Å². The van der Waals surface area contributed by atoms with Gasteiger partial charge >= 0.3 is 10.2 Å². The van der Waals surface area contributed by atoms with Crippen LogP contribution in [0.2, 0.25) is 5.02 Å². The number of halogens is 1. The predicted molar refractivity (Wildman–Crippen MR) is 82.3 cm³/mol. The van der Waals surface area contributed by atoms with Gasteiger partial charge in [-0.2, -0.15) is 12.7 Å². The minimum absolute atomic E-state index is 0.134. The molecule has 7 heteroatoms. The maximum absolute atomic E-state index is 12.0. The molecule has 0 radical (unpaired) electrons. The number of piperidine rings is 1. The summed E-state index contributed by atoms with van der Waals surface area (Å²) in [6.45, 7) is 0.972. The lowest BCUT2D eigenvalue weighted by atomic mass is 10.1. The molecular weight excluding hydrogens is 312 g/mol. The summed E-state index contributed by atoms with van der Waals surface area (Å²) in [4.78, 5) is 11.8. The second-order valence-corrected chi connectivity index (χ2v) is 7.22. The number of nitrogens with zero attached hydrogens (tertiary/aromatic N) is 1. The summed E-state index contributed by atoms with van der Waals surface area (Å²) in [6, 6.07) is 7.15. The van der Waals surface area contributed by atoms with E-state index in [1.165, 1.54) is 4.31 Å². The van der Waals surface area contributed by atoms with Crippen LogP contribution in [0.3, 0.4) is 0 Å². The molecule has 21 heavy (non-hydrogen) atoms. The average molecular weight is 331 g/mol. The second kappa shape index (κ2) is 7.24. The van der Waals surface area contributed by atoms with E-state index in [0.717, 1.165) is 24.8 Å². The Labute approximate surface area is 130 Å². The lowest BCUT2D eigenvalue weighted by Gasteiger charge is -2.25. The summed E-state index contributed by atoms with van der Waals surface area (Å²) >= 11 is 5.78. The predicted octanol–water partition coefficient (Wildman–Crippen LogP) is 2.12. The molecule has 1 aromatic rings. The largest absolute Gasteiger partial charge is 0.303 e. The first-order chi connectivity index (χ1) is 9.97. The van der Waals surface area contributed by atoms with Crippen molar-refractivity contribution in [2.75, 3.05) is 13.1 Å². The fraction of sp³-hybridized carbons (Fsp3) is 0.500. The highest BCUT2D eigenvalue weighted by atomic mass is 35.5. The molecule has 1 heterocycles. The number of amides is 1. The molecule has 0 saturated carbocycles. The smallest absolute Gasteiger partial charge is 0.274 e. The number of aryl methyl sites for hydroxylation is 1. The molecule has 0 bridgehead atoms. The van der Waals surface area contributed by atoms with Crippen LogP contribution in [0.15, 0.2) is 24.3 Å². The lowest BCUT2D eigenvalue weighted by Crippen LogP contribution is -2.45. The van der Waals surface area contributed by atoms with E-state index in [1.807, 2.05) is 12.1 Å². The molecule has 0 unspecified atom stereocenters. The molecule has 5 nitrogen and oxygen atoms in total. The van der Waals surface area contributed by atoms with Gasteiger partial charge in [0.05, 0.1) is 0 Å². The summed E-state index contributed by atoms with van der Waals surface area (Å²) in [7, 11) is -3.68. The molecular formula is C14H19ClN2O3S. The van der Waals surface area contributed by atoms with Gasteiger partial charge in [-0.15, -0.1) is 0 Å². The lowest BCUT2D eigenvalue weighted by molar-refractivity contribution is -0.119. The molecule has 2 rings (SSSR count). The highest BCUT2D eigenvalue weighted by molar-refractivity contribution is 7.87. The highest BCUT2D eigenvalue weighted by Crippen LogP contribution is 2.13. The van der Waals surface area contributed by atoms with Crippen LogP contribution in [-0.4, -0.2) is 31.7 Å². The Morgan fingerprint density at radius 2 is 1.76 bits per heavy atom. The van der Waals surface area contributed by atoms with E-state index in [4.69, 9.17) is 11.6 Å². The van der Waals surface area contributed by atoms with Gasteiger partial charge in [0.15, 0.2) is 0 Å². The van der Waals surface area contributed by atoms with Gasteiger partial charge in [0.1, 0.15) is 0 Å². The number of hydrogen-bond acceptors (Lipinski definition) is 3. The van der Waals surface area contributed by atoms with E-state index in [2.05, 4.69) is 4.72 Å². The molecule has 1 amide bonds. The number of nitrogens with one attached hydrogen (secondary N) is 1. The summed E-state index contributed by atoms with van der Waals surface area (Å²) in [5, 5.41) is 0.635. The van der Waals surface area contributed by atoms with E-state index in [-0.39, 0.29) is 6.42 Å². The molecule has 0 spiro atoms. The Kier molecular flexibility index (Phi) is 5.61. The molecule has 0 atom stereocenters. The number of carbonyl (C=O) groups excluding carboxylic acids is 1. The van der Waals surface area contributed by atoms with Gasteiger partial charge in [-0.05, 0) is 37.0 Å². The van der Waals surface area contributed by atoms with Crippen molar-refractivity contribution in [1.82, 2.24) is 9.03 Å². The Morgan fingerprint density at radius 3 is 2.38 bits per heavy atom. The first-order valence-corrected chi connectivity index (χ1v) is 8.84. The van der Waals surface area contributed by atoms with Crippen LogP contribution in [0.1, 0.15) is 31.2 Å². The fourth-order valence-corrected chi connectivity index (χ4v) is 3.66. The van der Waals surface area contributed by atoms with E-state index >= 15 is 0 Å². The molecule has 0 aromatic heterocycles. The number of hydrogen-bond donors (Lipinski definition) is 1. The van der Waals surface area contributed by atoms with Gasteiger partial charge in [-0.25, -0.2) is 4.72 Å². The zero-order valence-corrected chi connectivity index (χ0v) is 13.3. The first kappa shape index (κ1) is 16.3. The molecule has 1 aliphatic rings. The van der Waals surface area contributed by atoms with Crippen molar-refractivity contribution in [3.63, 3.8) is 0 Å². The zero-order valence-electron chi connectivity index (χ0n) is 11.7. The molecule has 1 N–H and O–H groups in total. The minimum atomic E-state index is -3.68. The van der Waals surface area contributed by atoms with Crippen LogP contribution >= 0.6 is 11.6 Å². The van der Waals surface area contributed by atoms with Crippen LogP contribution in [0.5, 0.6) is 0 Å². The molecule has 1 aliphatic heterocycles. The van der Waals surface area contributed by atoms with Crippen molar-refractivity contribution < 1.29 is 13.2 Å². The van der Waals surface area contributed by atoms with Crippen LogP contribution in [0, 0.1) is 0 Å². The van der Waals surface area contributed by atoms with E-state index in [9.17, 15) is 13.2 Å². The number of rotatable bonds is 5. The third-order valence-electron chi connectivity index (χ3n) is 3.45. The number of carbonyl (C=O) groups is 1. The summed E-state index contributed by atoms with van der Waals surface area (Å²) in [6.07, 6.45) is 3.35. The summed E-state index contributed by atoms with van der Waals surface area (Å²) < 4.78 is 27.5. The van der Waals surface area contributed by atoms with Crippen molar-refractivity contribution in [3.05, 3.63) is 34.9 Å². The van der Waals surface area contributed by atoms with Gasteiger partial charge in [0.2, 0.25) is 5.91 Å². The normalized spacial score (nSPS) is 16.6. The zero-order chi connectivity index (χ0) is 15.3. The van der Waals surface area contributed by atoms with Crippen molar-refractivity contribution in [1.29, 1.82) is 0 Å². The average Bonchev–Trinajstić information content (AvgIpc) is 2.47. The quantitative estimate of drug-likeness (QED) is 0.899. The molecule has 1 aromatic carbocycles. The Bertz CT molecular complexity index is 581. The topological polar surface area (TPSA) is 66.5 Å². The molecule has 1 saturated heterocycles. The SMILES string of the molecule is O=C(CCc1ccc(Cl)cc1)NS(=O)(=O)N1CCCCC1. The fourth-order valence-electron chi connectivity index (χ4n) is 2.27. The Hall–Kier alpha value is -1.11. The van der Waals surface area contributed by atoms with Gasteiger partial charge in [0.25, 0.3) is 0 Å². The standard InChI is InChI=1S/C14H19ClN2O3S/c15-13-7-4-12(5-8-13)6-9-14(18)16-21(19,20)17-10-2-1-3-11-17/h4-5,7-8H,1-3,6,9-11H2,(H,16,18). The molecule has 116 valence electrons. The van der Waals surface area contributed by atoms with Gasteiger partial charge in [0, 0.05) is 24.5 Å². The van der Waals surface area contributed by atoms with Crippen molar-refractivity contribution in [2.24, 2.45) is 0 Å². The third kappa shape index (κ3) is 4.98. The highest BCUT2D eigenvalue weighted by Gasteiger charge is 2.25. The summed E-state index contributed by atoms with van der Waals surface area (Å²) in [5.74, 6) is -0.476. The molecule has 1 fully saturated rings. The minimum Gasteiger partial charge on any atom is -0.274 e. The maximum atomic E-state index is 12.0. The third-order valence-corrected chi connectivity index (χ3v) is 5.23. The second-order valence-electron chi connectivity index (χ2n) is 5.12. The van der Waals surface area contributed by atoms with E-state index in [0.29, 0.717) is 24.5 Å². The van der Waals surface area contributed by atoms with Gasteiger partial charge in [-0.1, -0.05) is 30.2 Å². The first-order valence-electron chi connectivity index (χ1n) is 7.02. The summed E-state index contributed by atoms with van der Waals surface area (Å²) in [5.41, 5.74) is 0.949. The van der Waals surface area contributed by atoms with Crippen LogP contribution in [0.4, 0.5) is 0 Å². The van der Waals surface area contributed by atoms with Crippen molar-refractivity contribution in [3.8, 4) is 0 Å². The van der Waals surface area contributed by atoms with E-state index < -0.39 is 16.1 Å². The van der Waals surface area contributed by atoms with Gasteiger partial charge in [-0.3, -0.25) is 4.79 Å². The van der Waals surface area contributed by atoms with Crippen LogP contribution in [-0.2, 0) is 21.4 Å². The monoisotopic (exact) mass is 330 g/mol. The van der Waals surface area contributed by atoms with Crippen molar-refractivity contribution in [2.45, 2.75) is 32.1 Å². The van der Waals surface area contributed by atoms with Crippen LogP contribution in [0.25, 0.3) is 0 Å². The van der Waals surface area contributed by atoms with E-state index in [1.54, 1.807) is 12.1 Å². The molecule has 0 aliphatic carbocycles. The number of benzene rings is 1. The Balaban J connectivity index is 1.84.